The number of carbonyl (C=O) groups is 1. The summed E-state index contributed by atoms with van der Waals surface area (Å²) >= 11 is 1.64. The second kappa shape index (κ2) is 8.43. The van der Waals surface area contributed by atoms with E-state index >= 15 is 0 Å². The lowest BCUT2D eigenvalue weighted by Gasteiger charge is -2.09. The summed E-state index contributed by atoms with van der Waals surface area (Å²) in [5.41, 5.74) is 2.98. The Morgan fingerprint density at radius 2 is 2.17 bits per heavy atom. The first-order valence-electron chi connectivity index (χ1n) is 7.74. The van der Waals surface area contributed by atoms with Crippen LogP contribution < -0.4 is 10.6 Å². The molecule has 2 aromatic rings. The smallest absolute Gasteiger partial charge is 0.224 e. The number of nitrogens with one attached hydrogen (secondary N) is 2. The molecule has 1 aromatic heterocycles. The van der Waals surface area contributed by atoms with E-state index in [0.29, 0.717) is 12.3 Å². The van der Waals surface area contributed by atoms with E-state index in [9.17, 15) is 4.79 Å². The zero-order valence-electron chi connectivity index (χ0n) is 13.2. The van der Waals surface area contributed by atoms with E-state index < -0.39 is 0 Å². The van der Waals surface area contributed by atoms with E-state index in [1.807, 2.05) is 36.6 Å². The van der Waals surface area contributed by atoms with Crippen LogP contribution in [0.2, 0.25) is 0 Å². The molecule has 23 heavy (non-hydrogen) atoms. The summed E-state index contributed by atoms with van der Waals surface area (Å²) in [7, 11) is 0. The largest absolute Gasteiger partial charge is 0.326 e. The maximum atomic E-state index is 12.0. The third kappa shape index (κ3) is 5.03. The second-order valence-electron chi connectivity index (χ2n) is 5.82. The van der Waals surface area contributed by atoms with Crippen LogP contribution in [0.15, 0.2) is 29.6 Å². The number of aryl methyl sites for hydroxylation is 1. The highest BCUT2D eigenvalue weighted by molar-refractivity contribution is 7.13. The van der Waals surface area contributed by atoms with Gasteiger partial charge in [-0.2, -0.15) is 0 Å². The molecule has 1 aliphatic heterocycles. The first-order chi connectivity index (χ1) is 10.7. The standard InChI is InChI=1S/C17H21N3OS.ClH/c1-12-11-22-17(19-12)14-3-5-15(6-4-14)20-16(21)7-2-13-8-9-18-10-13;/h3-6,11,13,18H,2,7-10H2,1H3,(H,20,21);1H. The Kier molecular flexibility index (Phi) is 6.57. The fourth-order valence-corrected chi connectivity index (χ4v) is 3.51. The summed E-state index contributed by atoms with van der Waals surface area (Å²) < 4.78 is 0. The fraction of sp³-hybridized carbons (Fsp3) is 0.412. The number of thiazole rings is 1. The summed E-state index contributed by atoms with van der Waals surface area (Å²) in [4.78, 5) is 16.5. The molecular formula is C17H22ClN3OS. The number of benzene rings is 1. The van der Waals surface area contributed by atoms with Crippen molar-refractivity contribution in [1.82, 2.24) is 10.3 Å². The van der Waals surface area contributed by atoms with Crippen LogP contribution in [0.4, 0.5) is 5.69 Å². The molecule has 3 rings (SSSR count). The molecule has 0 radical (unpaired) electrons. The number of halogens is 1. The lowest BCUT2D eigenvalue weighted by atomic mass is 10.0. The monoisotopic (exact) mass is 351 g/mol. The van der Waals surface area contributed by atoms with E-state index in [0.717, 1.165) is 41.5 Å². The van der Waals surface area contributed by atoms with Crippen molar-refractivity contribution >= 4 is 35.3 Å². The van der Waals surface area contributed by atoms with Gasteiger partial charge in [0.1, 0.15) is 5.01 Å². The highest BCUT2D eigenvalue weighted by Crippen LogP contribution is 2.25. The van der Waals surface area contributed by atoms with Gasteiger partial charge in [0, 0.05) is 28.7 Å². The van der Waals surface area contributed by atoms with E-state index in [1.165, 1.54) is 6.42 Å². The number of anilines is 1. The second-order valence-corrected chi connectivity index (χ2v) is 6.68. The molecule has 1 aromatic carbocycles. The zero-order valence-corrected chi connectivity index (χ0v) is 14.8. The minimum Gasteiger partial charge on any atom is -0.326 e. The molecule has 124 valence electrons. The van der Waals surface area contributed by atoms with Crippen molar-refractivity contribution in [3.05, 3.63) is 35.3 Å². The molecule has 1 amide bonds. The summed E-state index contributed by atoms with van der Waals surface area (Å²) in [6.07, 6.45) is 2.75. The molecule has 0 bridgehead atoms. The SMILES string of the molecule is Cc1csc(-c2ccc(NC(=O)CCC3CCNC3)cc2)n1.Cl. The Morgan fingerprint density at radius 1 is 1.39 bits per heavy atom. The number of aromatic nitrogens is 1. The lowest BCUT2D eigenvalue weighted by Crippen LogP contribution is -2.14. The highest BCUT2D eigenvalue weighted by Gasteiger charge is 2.15. The number of rotatable bonds is 5. The molecule has 1 atom stereocenters. The van der Waals surface area contributed by atoms with Crippen molar-refractivity contribution in [3.8, 4) is 10.6 Å². The van der Waals surface area contributed by atoms with Gasteiger partial charge in [-0.1, -0.05) is 0 Å². The maximum Gasteiger partial charge on any atom is 0.224 e. The van der Waals surface area contributed by atoms with E-state index in [1.54, 1.807) is 11.3 Å². The molecule has 6 heteroatoms. The van der Waals surface area contributed by atoms with Crippen molar-refractivity contribution in [2.24, 2.45) is 5.92 Å². The normalized spacial score (nSPS) is 16.8. The third-order valence-corrected chi connectivity index (χ3v) is 4.99. The van der Waals surface area contributed by atoms with Gasteiger partial charge < -0.3 is 10.6 Å². The third-order valence-electron chi connectivity index (χ3n) is 3.98. The fourth-order valence-electron chi connectivity index (χ4n) is 2.70. The average Bonchev–Trinajstić information content (AvgIpc) is 3.17. The van der Waals surface area contributed by atoms with Gasteiger partial charge >= 0.3 is 0 Å². The predicted octanol–water partition coefficient (Wildman–Crippen LogP) is 3.87. The van der Waals surface area contributed by atoms with Gasteiger partial charge in [0.2, 0.25) is 5.91 Å². The molecule has 1 aliphatic rings. The molecule has 0 saturated carbocycles. The Balaban J connectivity index is 0.00000192. The summed E-state index contributed by atoms with van der Waals surface area (Å²) in [5, 5.41) is 9.37. The number of carbonyl (C=O) groups excluding carboxylic acids is 1. The van der Waals surface area contributed by atoms with Gasteiger partial charge in [-0.15, -0.1) is 23.7 Å². The first kappa shape index (κ1) is 17.9. The van der Waals surface area contributed by atoms with Crippen LogP contribution in [0.1, 0.15) is 25.0 Å². The van der Waals surface area contributed by atoms with Crippen LogP contribution in [0.3, 0.4) is 0 Å². The molecule has 1 fully saturated rings. The topological polar surface area (TPSA) is 54.0 Å². The minimum atomic E-state index is 0. The van der Waals surface area contributed by atoms with Crippen molar-refractivity contribution in [2.75, 3.05) is 18.4 Å². The van der Waals surface area contributed by atoms with Gasteiger partial charge in [0.25, 0.3) is 0 Å². The Bertz CT molecular complexity index is 636. The zero-order chi connectivity index (χ0) is 15.4. The van der Waals surface area contributed by atoms with Gasteiger partial charge in [0.05, 0.1) is 0 Å². The van der Waals surface area contributed by atoms with Crippen molar-refractivity contribution in [3.63, 3.8) is 0 Å². The van der Waals surface area contributed by atoms with Crippen molar-refractivity contribution in [2.45, 2.75) is 26.2 Å². The van der Waals surface area contributed by atoms with Crippen LogP contribution in [-0.2, 0) is 4.79 Å². The number of nitrogens with zero attached hydrogens (tertiary/aromatic N) is 1. The summed E-state index contributed by atoms with van der Waals surface area (Å²) in [5.74, 6) is 0.756. The van der Waals surface area contributed by atoms with Crippen LogP contribution >= 0.6 is 23.7 Å². The van der Waals surface area contributed by atoms with E-state index in [4.69, 9.17) is 0 Å². The van der Waals surface area contributed by atoms with E-state index in [2.05, 4.69) is 15.6 Å². The van der Waals surface area contributed by atoms with Gasteiger partial charge in [-0.25, -0.2) is 4.98 Å². The molecule has 1 unspecified atom stereocenters. The summed E-state index contributed by atoms with van der Waals surface area (Å²) in [6, 6.07) is 7.91. The molecule has 2 N–H and O–H groups in total. The minimum absolute atomic E-state index is 0. The summed E-state index contributed by atoms with van der Waals surface area (Å²) in [6.45, 7) is 4.13. The van der Waals surface area contributed by atoms with Crippen molar-refractivity contribution < 1.29 is 4.79 Å². The molecule has 0 aliphatic carbocycles. The van der Waals surface area contributed by atoms with Crippen LogP contribution in [0.25, 0.3) is 10.6 Å². The van der Waals surface area contributed by atoms with Crippen LogP contribution in [-0.4, -0.2) is 24.0 Å². The van der Waals surface area contributed by atoms with Gasteiger partial charge in [0.15, 0.2) is 0 Å². The molecular weight excluding hydrogens is 330 g/mol. The predicted molar refractivity (Wildman–Crippen MR) is 98.4 cm³/mol. The first-order valence-corrected chi connectivity index (χ1v) is 8.62. The van der Waals surface area contributed by atoms with E-state index in [-0.39, 0.29) is 18.3 Å². The molecule has 2 heterocycles. The quantitative estimate of drug-likeness (QED) is 0.859. The molecule has 4 nitrogen and oxygen atoms in total. The number of hydrogen-bond donors (Lipinski definition) is 2. The Hall–Kier alpha value is -1.43. The Morgan fingerprint density at radius 3 is 2.78 bits per heavy atom. The molecule has 0 spiro atoms. The maximum absolute atomic E-state index is 12.0. The van der Waals surface area contributed by atoms with Gasteiger partial charge in [-0.05, 0) is 63.0 Å². The average molecular weight is 352 g/mol. The Labute approximate surface area is 147 Å². The van der Waals surface area contributed by atoms with Crippen LogP contribution in [0, 0.1) is 12.8 Å². The number of amides is 1. The number of hydrogen-bond acceptors (Lipinski definition) is 4. The van der Waals surface area contributed by atoms with Crippen LogP contribution in [0.5, 0.6) is 0 Å². The molecule has 1 saturated heterocycles. The lowest BCUT2D eigenvalue weighted by molar-refractivity contribution is -0.116. The van der Waals surface area contributed by atoms with Gasteiger partial charge in [-0.3, -0.25) is 4.79 Å². The highest BCUT2D eigenvalue weighted by atomic mass is 35.5. The van der Waals surface area contributed by atoms with Crippen molar-refractivity contribution in [1.29, 1.82) is 0 Å².